The topological polar surface area (TPSA) is 47.3 Å². The van der Waals surface area contributed by atoms with Gasteiger partial charge in [0.1, 0.15) is 11.9 Å². The Bertz CT molecular complexity index is 341. The zero-order valence-electron chi connectivity index (χ0n) is 8.91. The van der Waals surface area contributed by atoms with Gasteiger partial charge in [0.25, 0.3) is 0 Å². The van der Waals surface area contributed by atoms with Crippen LogP contribution < -0.4 is 15.8 Å². The van der Waals surface area contributed by atoms with Gasteiger partial charge >= 0.3 is 0 Å². The molecule has 1 aliphatic heterocycles. The molecule has 90 valence electrons. The molecule has 0 radical (unpaired) electrons. The largest absolute Gasteiger partial charge is 0.488 e. The van der Waals surface area contributed by atoms with E-state index < -0.39 is 0 Å². The molecule has 3 N–H and O–H groups in total. The maximum atomic E-state index is 5.82. The SMILES string of the molecule is Cl.Nc1cc(Cl)ccc1OC1CCNCC1. The Hall–Kier alpha value is -0.640. The van der Waals surface area contributed by atoms with Gasteiger partial charge in [-0.05, 0) is 44.1 Å². The van der Waals surface area contributed by atoms with Crippen molar-refractivity contribution in [3.63, 3.8) is 0 Å². The van der Waals surface area contributed by atoms with Gasteiger partial charge in [0.15, 0.2) is 0 Å². The number of nitrogens with one attached hydrogen (secondary N) is 1. The van der Waals surface area contributed by atoms with E-state index >= 15 is 0 Å². The molecule has 1 aromatic rings. The Morgan fingerprint density at radius 2 is 2.00 bits per heavy atom. The average molecular weight is 263 g/mol. The molecule has 1 fully saturated rings. The lowest BCUT2D eigenvalue weighted by atomic mass is 10.1. The molecule has 1 aromatic carbocycles. The summed E-state index contributed by atoms with van der Waals surface area (Å²) in [7, 11) is 0. The van der Waals surface area contributed by atoms with E-state index in [1.54, 1.807) is 12.1 Å². The minimum atomic E-state index is 0. The third kappa shape index (κ3) is 3.44. The van der Waals surface area contributed by atoms with E-state index in [9.17, 15) is 0 Å². The first-order valence-electron chi connectivity index (χ1n) is 5.18. The zero-order valence-corrected chi connectivity index (χ0v) is 10.5. The van der Waals surface area contributed by atoms with Crippen molar-refractivity contribution in [2.24, 2.45) is 0 Å². The van der Waals surface area contributed by atoms with E-state index in [1.807, 2.05) is 6.07 Å². The van der Waals surface area contributed by atoms with Crippen LogP contribution in [0.15, 0.2) is 18.2 Å². The first-order valence-corrected chi connectivity index (χ1v) is 5.56. The monoisotopic (exact) mass is 262 g/mol. The summed E-state index contributed by atoms with van der Waals surface area (Å²) in [6.07, 6.45) is 2.33. The standard InChI is InChI=1S/C11H15ClN2O.ClH/c12-8-1-2-11(10(13)7-8)15-9-3-5-14-6-4-9;/h1-2,7,9,14H,3-6,13H2;1H. The molecule has 0 spiro atoms. The first-order chi connectivity index (χ1) is 7.25. The van der Waals surface area contributed by atoms with Crippen LogP contribution in [0.4, 0.5) is 5.69 Å². The highest BCUT2D eigenvalue weighted by Crippen LogP contribution is 2.27. The molecule has 16 heavy (non-hydrogen) atoms. The van der Waals surface area contributed by atoms with Gasteiger partial charge in [-0.25, -0.2) is 0 Å². The Morgan fingerprint density at radius 1 is 1.31 bits per heavy atom. The maximum Gasteiger partial charge on any atom is 0.142 e. The van der Waals surface area contributed by atoms with Crippen molar-refractivity contribution in [1.82, 2.24) is 5.32 Å². The summed E-state index contributed by atoms with van der Waals surface area (Å²) in [6, 6.07) is 5.35. The number of rotatable bonds is 2. The van der Waals surface area contributed by atoms with Crippen molar-refractivity contribution in [3.8, 4) is 5.75 Å². The Labute approximate surface area is 107 Å². The van der Waals surface area contributed by atoms with Crippen LogP contribution in [0, 0.1) is 0 Å². The number of piperidine rings is 1. The molecule has 0 aromatic heterocycles. The van der Waals surface area contributed by atoms with Gasteiger partial charge in [0.05, 0.1) is 5.69 Å². The highest BCUT2D eigenvalue weighted by Gasteiger charge is 2.15. The zero-order chi connectivity index (χ0) is 10.7. The molecule has 0 unspecified atom stereocenters. The molecule has 1 saturated heterocycles. The predicted octanol–water partition coefficient (Wildman–Crippen LogP) is 2.47. The molecule has 0 amide bonds. The van der Waals surface area contributed by atoms with Crippen LogP contribution in [0.1, 0.15) is 12.8 Å². The van der Waals surface area contributed by atoms with Gasteiger partial charge in [0, 0.05) is 5.02 Å². The molecule has 0 aliphatic carbocycles. The molecule has 0 atom stereocenters. The summed E-state index contributed by atoms with van der Waals surface area (Å²) < 4.78 is 5.82. The second kappa shape index (κ2) is 6.18. The van der Waals surface area contributed by atoms with Crippen LogP contribution in [0.2, 0.25) is 5.02 Å². The molecule has 0 bridgehead atoms. The molecule has 5 heteroatoms. The number of ether oxygens (including phenoxy) is 1. The fourth-order valence-electron chi connectivity index (χ4n) is 1.72. The number of halogens is 2. The Kier molecular flexibility index (Phi) is 5.19. The lowest BCUT2D eigenvalue weighted by molar-refractivity contribution is 0.163. The fraction of sp³-hybridized carbons (Fsp3) is 0.455. The van der Waals surface area contributed by atoms with Crippen molar-refractivity contribution in [1.29, 1.82) is 0 Å². The second-order valence-electron chi connectivity index (χ2n) is 3.75. The van der Waals surface area contributed by atoms with E-state index in [0.29, 0.717) is 10.7 Å². The van der Waals surface area contributed by atoms with E-state index in [-0.39, 0.29) is 18.5 Å². The number of nitrogen functional groups attached to an aromatic ring is 1. The lowest BCUT2D eigenvalue weighted by Crippen LogP contribution is -2.34. The number of hydrogen-bond acceptors (Lipinski definition) is 3. The van der Waals surface area contributed by atoms with Gasteiger partial charge in [-0.2, -0.15) is 0 Å². The number of benzene rings is 1. The van der Waals surface area contributed by atoms with Crippen molar-refractivity contribution in [3.05, 3.63) is 23.2 Å². The Balaban J connectivity index is 0.00000128. The molecule has 2 rings (SSSR count). The highest BCUT2D eigenvalue weighted by molar-refractivity contribution is 6.30. The third-order valence-corrected chi connectivity index (χ3v) is 2.79. The van der Waals surface area contributed by atoms with Crippen LogP contribution in [0.5, 0.6) is 5.75 Å². The van der Waals surface area contributed by atoms with E-state index in [2.05, 4.69) is 5.32 Å². The molecule has 1 aliphatic rings. The minimum Gasteiger partial charge on any atom is -0.488 e. The van der Waals surface area contributed by atoms with Gasteiger partial charge in [-0.15, -0.1) is 12.4 Å². The van der Waals surface area contributed by atoms with E-state index in [0.717, 1.165) is 31.7 Å². The smallest absolute Gasteiger partial charge is 0.142 e. The van der Waals surface area contributed by atoms with Crippen molar-refractivity contribution in [2.45, 2.75) is 18.9 Å². The molecular formula is C11H16Cl2N2O. The number of nitrogens with two attached hydrogens (primary N) is 1. The molecular weight excluding hydrogens is 247 g/mol. The first kappa shape index (κ1) is 13.4. The highest BCUT2D eigenvalue weighted by atomic mass is 35.5. The van der Waals surface area contributed by atoms with Gasteiger partial charge in [-0.1, -0.05) is 11.6 Å². The summed E-state index contributed by atoms with van der Waals surface area (Å²) in [6.45, 7) is 2.02. The van der Waals surface area contributed by atoms with Gasteiger partial charge in [-0.3, -0.25) is 0 Å². The summed E-state index contributed by atoms with van der Waals surface area (Å²) >= 11 is 5.81. The molecule has 3 nitrogen and oxygen atoms in total. The summed E-state index contributed by atoms with van der Waals surface area (Å²) in [5.74, 6) is 0.742. The third-order valence-electron chi connectivity index (χ3n) is 2.55. The fourth-order valence-corrected chi connectivity index (χ4v) is 1.90. The van der Waals surface area contributed by atoms with E-state index in [4.69, 9.17) is 22.1 Å². The van der Waals surface area contributed by atoms with Gasteiger partial charge in [0.2, 0.25) is 0 Å². The predicted molar refractivity (Wildman–Crippen MR) is 69.6 cm³/mol. The Morgan fingerprint density at radius 3 is 2.62 bits per heavy atom. The van der Waals surface area contributed by atoms with Crippen molar-refractivity contribution < 1.29 is 4.74 Å². The average Bonchev–Trinajstić information content (AvgIpc) is 2.24. The lowest BCUT2D eigenvalue weighted by Gasteiger charge is -2.24. The summed E-state index contributed by atoms with van der Waals surface area (Å²) in [4.78, 5) is 0. The summed E-state index contributed by atoms with van der Waals surface area (Å²) in [5, 5.41) is 3.94. The van der Waals surface area contributed by atoms with Crippen LogP contribution in [0.3, 0.4) is 0 Å². The van der Waals surface area contributed by atoms with Crippen LogP contribution in [0.25, 0.3) is 0 Å². The second-order valence-corrected chi connectivity index (χ2v) is 4.19. The van der Waals surface area contributed by atoms with Crippen LogP contribution >= 0.6 is 24.0 Å². The van der Waals surface area contributed by atoms with Gasteiger partial charge < -0.3 is 15.8 Å². The van der Waals surface area contributed by atoms with Crippen molar-refractivity contribution in [2.75, 3.05) is 18.8 Å². The molecule has 1 heterocycles. The quantitative estimate of drug-likeness (QED) is 0.806. The van der Waals surface area contributed by atoms with Crippen LogP contribution in [-0.2, 0) is 0 Å². The number of hydrogen-bond donors (Lipinski definition) is 2. The van der Waals surface area contributed by atoms with Crippen molar-refractivity contribution >= 4 is 29.7 Å². The minimum absolute atomic E-state index is 0. The maximum absolute atomic E-state index is 5.82. The normalized spacial score (nSPS) is 16.6. The summed E-state index contributed by atoms with van der Waals surface area (Å²) in [5.41, 5.74) is 6.43. The van der Waals surface area contributed by atoms with Crippen LogP contribution in [-0.4, -0.2) is 19.2 Å². The van der Waals surface area contributed by atoms with E-state index in [1.165, 1.54) is 0 Å². The molecule has 0 saturated carbocycles. The number of anilines is 1.